The second-order valence-corrected chi connectivity index (χ2v) is 7.84. The number of carbonyl (C=O) groups is 3. The lowest BCUT2D eigenvalue weighted by Gasteiger charge is -2.16. The summed E-state index contributed by atoms with van der Waals surface area (Å²) in [7, 11) is 1.35. The molecule has 1 fully saturated rings. The Hall–Kier alpha value is -2.80. The molecule has 0 N–H and O–H groups in total. The van der Waals surface area contributed by atoms with Crippen molar-refractivity contribution < 1.29 is 19.1 Å². The molecule has 0 saturated carbocycles. The van der Waals surface area contributed by atoms with Crippen LogP contribution >= 0.6 is 11.8 Å². The van der Waals surface area contributed by atoms with Crippen LogP contribution < -0.4 is 0 Å². The number of esters is 1. The standard InChI is InChI=1S/C21H22N2O4S/c1-12(2)22-19(24)18(28-21(22)26)11-16-10-13(3)23(14(16)4)17-8-6-15(7-9-17)20(25)27-5/h6-12H,1-5H3/b18-11+. The Bertz CT molecular complexity index is 987. The molecule has 1 saturated heterocycles. The summed E-state index contributed by atoms with van der Waals surface area (Å²) in [5, 5.41) is -0.238. The summed E-state index contributed by atoms with van der Waals surface area (Å²) in [6.45, 7) is 7.57. The van der Waals surface area contributed by atoms with Crippen molar-refractivity contribution in [3.63, 3.8) is 0 Å². The van der Waals surface area contributed by atoms with Gasteiger partial charge in [-0.3, -0.25) is 14.5 Å². The van der Waals surface area contributed by atoms with Gasteiger partial charge in [-0.2, -0.15) is 0 Å². The summed E-state index contributed by atoms with van der Waals surface area (Å²) >= 11 is 0.970. The van der Waals surface area contributed by atoms with Crippen LogP contribution in [0.3, 0.4) is 0 Å². The number of imide groups is 1. The lowest BCUT2D eigenvalue weighted by Crippen LogP contribution is -2.34. The van der Waals surface area contributed by atoms with Gasteiger partial charge in [0.2, 0.25) is 0 Å². The summed E-state index contributed by atoms with van der Waals surface area (Å²) in [5.74, 6) is -0.633. The molecule has 1 aromatic heterocycles. The number of aromatic nitrogens is 1. The van der Waals surface area contributed by atoms with E-state index in [4.69, 9.17) is 4.74 Å². The van der Waals surface area contributed by atoms with E-state index in [0.29, 0.717) is 10.5 Å². The number of ether oxygens (including phenoxy) is 1. The Labute approximate surface area is 168 Å². The number of hydrogen-bond acceptors (Lipinski definition) is 5. The van der Waals surface area contributed by atoms with E-state index >= 15 is 0 Å². The van der Waals surface area contributed by atoms with Crippen molar-refractivity contribution in [3.8, 4) is 5.69 Å². The fourth-order valence-corrected chi connectivity index (χ4v) is 4.21. The van der Waals surface area contributed by atoms with E-state index in [1.807, 2.05) is 50.5 Å². The van der Waals surface area contributed by atoms with Crippen molar-refractivity contribution in [1.29, 1.82) is 0 Å². The molecule has 28 heavy (non-hydrogen) atoms. The number of carbonyl (C=O) groups excluding carboxylic acids is 3. The molecular formula is C21H22N2O4S. The number of amides is 2. The highest BCUT2D eigenvalue weighted by molar-refractivity contribution is 8.18. The molecule has 1 aliphatic rings. The maximum absolute atomic E-state index is 12.5. The SMILES string of the molecule is COC(=O)c1ccc(-n2c(C)cc(/C=C3/SC(=O)N(C(C)C)C3=O)c2C)cc1. The van der Waals surface area contributed by atoms with Crippen LogP contribution in [0, 0.1) is 13.8 Å². The summed E-state index contributed by atoms with van der Waals surface area (Å²) in [4.78, 5) is 38.0. The molecule has 2 aromatic rings. The monoisotopic (exact) mass is 398 g/mol. The first-order chi connectivity index (χ1) is 13.2. The predicted octanol–water partition coefficient (Wildman–Crippen LogP) is 4.33. The highest BCUT2D eigenvalue weighted by atomic mass is 32.2. The Morgan fingerprint density at radius 3 is 2.32 bits per heavy atom. The van der Waals surface area contributed by atoms with Crippen molar-refractivity contribution in [2.45, 2.75) is 33.7 Å². The Kier molecular flexibility index (Phi) is 5.47. The van der Waals surface area contributed by atoms with Crippen LogP contribution in [0.15, 0.2) is 35.2 Å². The lowest BCUT2D eigenvalue weighted by molar-refractivity contribution is -0.123. The van der Waals surface area contributed by atoms with E-state index in [1.165, 1.54) is 12.0 Å². The quantitative estimate of drug-likeness (QED) is 0.567. The molecule has 3 rings (SSSR count). The molecule has 7 heteroatoms. The molecule has 6 nitrogen and oxygen atoms in total. The zero-order valence-corrected chi connectivity index (χ0v) is 17.3. The number of aryl methyl sites for hydroxylation is 1. The fraction of sp³-hybridized carbons (Fsp3) is 0.286. The lowest BCUT2D eigenvalue weighted by atomic mass is 10.2. The minimum Gasteiger partial charge on any atom is -0.465 e. The smallest absolute Gasteiger partial charge is 0.337 e. The first kappa shape index (κ1) is 19.9. The molecular weight excluding hydrogens is 376 g/mol. The molecule has 0 bridgehead atoms. The van der Waals surface area contributed by atoms with Gasteiger partial charge in [0, 0.05) is 23.1 Å². The number of nitrogens with zero attached hydrogens (tertiary/aromatic N) is 2. The summed E-state index contributed by atoms with van der Waals surface area (Å²) in [6.07, 6.45) is 1.77. The van der Waals surface area contributed by atoms with Crippen LogP contribution in [-0.4, -0.2) is 39.7 Å². The van der Waals surface area contributed by atoms with Gasteiger partial charge < -0.3 is 9.30 Å². The molecule has 2 amide bonds. The second-order valence-electron chi connectivity index (χ2n) is 6.85. The first-order valence-corrected chi connectivity index (χ1v) is 9.71. The van der Waals surface area contributed by atoms with Gasteiger partial charge in [-0.25, -0.2) is 4.79 Å². The summed E-state index contributed by atoms with van der Waals surface area (Å²) in [6, 6.07) is 8.94. The van der Waals surface area contributed by atoms with Gasteiger partial charge >= 0.3 is 5.97 Å². The Morgan fingerprint density at radius 2 is 1.79 bits per heavy atom. The third-order valence-corrected chi connectivity index (χ3v) is 5.53. The highest BCUT2D eigenvalue weighted by Gasteiger charge is 2.36. The van der Waals surface area contributed by atoms with Crippen molar-refractivity contribution in [3.05, 3.63) is 57.8 Å². The van der Waals surface area contributed by atoms with Crippen molar-refractivity contribution in [2.75, 3.05) is 7.11 Å². The van der Waals surface area contributed by atoms with E-state index in [1.54, 1.807) is 18.2 Å². The van der Waals surface area contributed by atoms with Crippen molar-refractivity contribution >= 4 is 35.0 Å². The molecule has 146 valence electrons. The first-order valence-electron chi connectivity index (χ1n) is 8.89. The topological polar surface area (TPSA) is 68.6 Å². The number of hydrogen-bond donors (Lipinski definition) is 0. The largest absolute Gasteiger partial charge is 0.465 e. The van der Waals surface area contributed by atoms with Crippen LogP contribution in [0.4, 0.5) is 4.79 Å². The summed E-state index contributed by atoms with van der Waals surface area (Å²) in [5.41, 5.74) is 4.19. The van der Waals surface area contributed by atoms with Crippen LogP contribution in [0.2, 0.25) is 0 Å². The minimum absolute atomic E-state index is 0.167. The molecule has 0 spiro atoms. The van der Waals surface area contributed by atoms with Crippen molar-refractivity contribution in [1.82, 2.24) is 9.47 Å². The number of methoxy groups -OCH3 is 1. The average Bonchev–Trinajstić information content (AvgIpc) is 3.09. The molecule has 0 radical (unpaired) electrons. The second kappa shape index (κ2) is 7.67. The fourth-order valence-electron chi connectivity index (χ4n) is 3.26. The normalized spacial score (nSPS) is 15.8. The third-order valence-electron chi connectivity index (χ3n) is 4.64. The average molecular weight is 398 g/mol. The zero-order valence-electron chi connectivity index (χ0n) is 16.5. The maximum atomic E-state index is 12.5. The highest BCUT2D eigenvalue weighted by Crippen LogP contribution is 2.34. The van der Waals surface area contributed by atoms with Gasteiger partial charge in [0.1, 0.15) is 0 Å². The van der Waals surface area contributed by atoms with E-state index in [9.17, 15) is 14.4 Å². The van der Waals surface area contributed by atoms with Gasteiger partial charge in [0.15, 0.2) is 0 Å². The molecule has 0 atom stereocenters. The van der Waals surface area contributed by atoms with Gasteiger partial charge in [-0.15, -0.1) is 0 Å². The number of benzene rings is 1. The van der Waals surface area contributed by atoms with Gasteiger partial charge in [-0.05, 0) is 81.4 Å². The molecule has 0 aliphatic carbocycles. The molecule has 0 unspecified atom stereocenters. The zero-order chi connectivity index (χ0) is 20.6. The van der Waals surface area contributed by atoms with Crippen LogP contribution in [-0.2, 0) is 9.53 Å². The van der Waals surface area contributed by atoms with Gasteiger partial charge in [0.05, 0.1) is 17.6 Å². The number of rotatable bonds is 4. The van der Waals surface area contributed by atoms with Crippen molar-refractivity contribution in [2.24, 2.45) is 0 Å². The maximum Gasteiger partial charge on any atom is 0.337 e. The van der Waals surface area contributed by atoms with Crippen LogP contribution in [0.1, 0.15) is 41.2 Å². The van der Waals surface area contributed by atoms with Crippen LogP contribution in [0.25, 0.3) is 11.8 Å². The van der Waals surface area contributed by atoms with E-state index in [2.05, 4.69) is 0 Å². The van der Waals surface area contributed by atoms with E-state index in [0.717, 1.165) is 34.4 Å². The van der Waals surface area contributed by atoms with Gasteiger partial charge in [-0.1, -0.05) is 0 Å². The Balaban J connectivity index is 1.96. The number of thioether (sulfide) groups is 1. The van der Waals surface area contributed by atoms with E-state index in [-0.39, 0.29) is 23.2 Å². The predicted molar refractivity (Wildman–Crippen MR) is 110 cm³/mol. The minimum atomic E-state index is -0.380. The van der Waals surface area contributed by atoms with E-state index < -0.39 is 0 Å². The van der Waals surface area contributed by atoms with Gasteiger partial charge in [0.25, 0.3) is 11.1 Å². The molecule has 1 aliphatic heterocycles. The Morgan fingerprint density at radius 1 is 1.14 bits per heavy atom. The van der Waals surface area contributed by atoms with Crippen LogP contribution in [0.5, 0.6) is 0 Å². The third kappa shape index (κ3) is 3.49. The summed E-state index contributed by atoms with van der Waals surface area (Å²) < 4.78 is 6.77. The molecule has 1 aromatic carbocycles. The molecule has 2 heterocycles.